The lowest BCUT2D eigenvalue weighted by Gasteiger charge is -2.09. The van der Waals surface area contributed by atoms with Crippen LogP contribution < -0.4 is 9.47 Å². The molecule has 0 aliphatic carbocycles. The number of fused-ring (bicyclic) bond motifs is 1. The SMILES string of the molecule is COc1ccc2c(CC(=O)OCCOc3ccccc3C)coc2c1. The van der Waals surface area contributed by atoms with E-state index in [4.69, 9.17) is 18.6 Å². The van der Waals surface area contributed by atoms with Crippen LogP contribution in [0.4, 0.5) is 0 Å². The Morgan fingerprint density at radius 2 is 1.96 bits per heavy atom. The van der Waals surface area contributed by atoms with Gasteiger partial charge in [-0.25, -0.2) is 0 Å². The highest BCUT2D eigenvalue weighted by Gasteiger charge is 2.12. The van der Waals surface area contributed by atoms with Crippen LogP contribution in [0.2, 0.25) is 0 Å². The maximum Gasteiger partial charge on any atom is 0.310 e. The number of furan rings is 1. The molecular formula is C20H20O5. The molecule has 1 aromatic heterocycles. The van der Waals surface area contributed by atoms with Gasteiger partial charge in [0, 0.05) is 17.0 Å². The number of methoxy groups -OCH3 is 1. The topological polar surface area (TPSA) is 57.9 Å². The predicted molar refractivity (Wildman–Crippen MR) is 94.1 cm³/mol. The molecular weight excluding hydrogens is 320 g/mol. The summed E-state index contributed by atoms with van der Waals surface area (Å²) in [5.41, 5.74) is 2.53. The molecule has 0 amide bonds. The Morgan fingerprint density at radius 1 is 1.12 bits per heavy atom. The molecule has 0 atom stereocenters. The van der Waals surface area contributed by atoms with E-state index in [1.54, 1.807) is 19.4 Å². The predicted octanol–water partition coefficient (Wildman–Crippen LogP) is 3.91. The monoisotopic (exact) mass is 340 g/mol. The van der Waals surface area contributed by atoms with Crippen molar-refractivity contribution in [2.45, 2.75) is 13.3 Å². The molecule has 0 saturated carbocycles. The fraction of sp³-hybridized carbons (Fsp3) is 0.250. The van der Waals surface area contributed by atoms with Gasteiger partial charge >= 0.3 is 5.97 Å². The first-order valence-electron chi connectivity index (χ1n) is 8.05. The molecule has 0 fully saturated rings. The van der Waals surface area contributed by atoms with Gasteiger partial charge in [0.25, 0.3) is 0 Å². The first-order chi connectivity index (χ1) is 12.2. The van der Waals surface area contributed by atoms with Crippen LogP contribution >= 0.6 is 0 Å². The zero-order valence-corrected chi connectivity index (χ0v) is 14.3. The van der Waals surface area contributed by atoms with Gasteiger partial charge in [-0.3, -0.25) is 4.79 Å². The fourth-order valence-electron chi connectivity index (χ4n) is 2.56. The van der Waals surface area contributed by atoms with E-state index < -0.39 is 0 Å². The lowest BCUT2D eigenvalue weighted by atomic mass is 10.1. The van der Waals surface area contributed by atoms with Crippen molar-refractivity contribution in [1.82, 2.24) is 0 Å². The highest BCUT2D eigenvalue weighted by atomic mass is 16.6. The minimum atomic E-state index is -0.313. The number of aryl methyl sites for hydroxylation is 1. The maximum absolute atomic E-state index is 12.0. The van der Waals surface area contributed by atoms with Gasteiger partial charge in [0.15, 0.2) is 0 Å². The van der Waals surface area contributed by atoms with Crippen LogP contribution in [0.3, 0.4) is 0 Å². The summed E-state index contributed by atoms with van der Waals surface area (Å²) in [6.45, 7) is 2.50. The molecule has 0 bridgehead atoms. The van der Waals surface area contributed by atoms with Crippen LogP contribution in [0.25, 0.3) is 11.0 Å². The van der Waals surface area contributed by atoms with Crippen molar-refractivity contribution >= 4 is 16.9 Å². The van der Waals surface area contributed by atoms with Gasteiger partial charge in [-0.15, -0.1) is 0 Å². The van der Waals surface area contributed by atoms with E-state index >= 15 is 0 Å². The summed E-state index contributed by atoms with van der Waals surface area (Å²) in [6, 6.07) is 13.2. The molecule has 130 valence electrons. The van der Waals surface area contributed by atoms with Crippen molar-refractivity contribution in [2.24, 2.45) is 0 Å². The second-order valence-corrected chi connectivity index (χ2v) is 5.63. The Bertz CT molecular complexity index is 865. The third-order valence-electron chi connectivity index (χ3n) is 3.90. The Balaban J connectivity index is 1.50. The molecule has 25 heavy (non-hydrogen) atoms. The van der Waals surface area contributed by atoms with Gasteiger partial charge in [0.1, 0.15) is 30.3 Å². The number of ether oxygens (including phenoxy) is 3. The molecule has 5 nitrogen and oxygen atoms in total. The number of benzene rings is 2. The van der Waals surface area contributed by atoms with Crippen molar-refractivity contribution in [1.29, 1.82) is 0 Å². The van der Waals surface area contributed by atoms with Crippen molar-refractivity contribution in [3.8, 4) is 11.5 Å². The van der Waals surface area contributed by atoms with Crippen molar-refractivity contribution < 1.29 is 23.4 Å². The molecule has 0 N–H and O–H groups in total. The number of carbonyl (C=O) groups excluding carboxylic acids is 1. The summed E-state index contributed by atoms with van der Waals surface area (Å²) >= 11 is 0. The number of rotatable bonds is 7. The largest absolute Gasteiger partial charge is 0.497 e. The van der Waals surface area contributed by atoms with Crippen LogP contribution in [0.1, 0.15) is 11.1 Å². The molecule has 0 aliphatic heterocycles. The summed E-state index contributed by atoms with van der Waals surface area (Å²) < 4.78 is 21.5. The Kier molecular flexibility index (Phi) is 5.23. The zero-order valence-electron chi connectivity index (χ0n) is 14.3. The van der Waals surface area contributed by atoms with Gasteiger partial charge in [-0.2, -0.15) is 0 Å². The highest BCUT2D eigenvalue weighted by molar-refractivity contribution is 5.86. The highest BCUT2D eigenvalue weighted by Crippen LogP contribution is 2.26. The lowest BCUT2D eigenvalue weighted by Crippen LogP contribution is -2.14. The van der Waals surface area contributed by atoms with E-state index in [1.165, 1.54) is 0 Å². The molecule has 0 radical (unpaired) electrons. The normalized spacial score (nSPS) is 10.6. The number of esters is 1. The smallest absolute Gasteiger partial charge is 0.310 e. The van der Waals surface area contributed by atoms with Crippen LogP contribution in [-0.4, -0.2) is 26.3 Å². The van der Waals surface area contributed by atoms with Gasteiger partial charge in [0.2, 0.25) is 0 Å². The number of para-hydroxylation sites is 1. The minimum Gasteiger partial charge on any atom is -0.497 e. The lowest BCUT2D eigenvalue weighted by molar-refractivity contribution is -0.143. The van der Waals surface area contributed by atoms with Crippen molar-refractivity contribution in [2.75, 3.05) is 20.3 Å². The molecule has 0 saturated heterocycles. The van der Waals surface area contributed by atoms with E-state index in [0.717, 1.165) is 22.3 Å². The summed E-state index contributed by atoms with van der Waals surface area (Å²) in [4.78, 5) is 12.0. The summed E-state index contributed by atoms with van der Waals surface area (Å²) in [5.74, 6) is 1.20. The van der Waals surface area contributed by atoms with Gasteiger partial charge in [0.05, 0.1) is 19.8 Å². The first-order valence-corrected chi connectivity index (χ1v) is 8.05. The van der Waals surface area contributed by atoms with Crippen molar-refractivity contribution in [3.63, 3.8) is 0 Å². The summed E-state index contributed by atoms with van der Waals surface area (Å²) in [6.07, 6.45) is 1.74. The Hall–Kier alpha value is -2.95. The molecule has 1 heterocycles. The van der Waals surface area contributed by atoms with E-state index in [9.17, 15) is 4.79 Å². The van der Waals surface area contributed by atoms with Gasteiger partial charge in [-0.1, -0.05) is 18.2 Å². The third kappa shape index (κ3) is 4.12. The van der Waals surface area contributed by atoms with Crippen molar-refractivity contribution in [3.05, 3.63) is 59.9 Å². The van der Waals surface area contributed by atoms with Crippen LogP contribution in [0, 0.1) is 6.92 Å². The summed E-state index contributed by atoms with van der Waals surface area (Å²) in [7, 11) is 1.60. The van der Waals surface area contributed by atoms with E-state index in [2.05, 4.69) is 0 Å². The number of carbonyl (C=O) groups is 1. The molecule has 0 unspecified atom stereocenters. The molecule has 0 spiro atoms. The number of hydrogen-bond donors (Lipinski definition) is 0. The molecule has 0 aliphatic rings. The first kappa shape index (κ1) is 16.9. The van der Waals surface area contributed by atoms with Crippen LogP contribution in [-0.2, 0) is 16.0 Å². The minimum absolute atomic E-state index is 0.156. The summed E-state index contributed by atoms with van der Waals surface area (Å²) in [5, 5.41) is 0.883. The standard InChI is InChI=1S/C20H20O5/c1-14-5-3-4-6-18(14)23-9-10-24-20(21)11-15-13-25-19-12-16(22-2)7-8-17(15)19/h3-8,12-13H,9-11H2,1-2H3. The molecule has 2 aromatic carbocycles. The average Bonchev–Trinajstić information content (AvgIpc) is 3.02. The third-order valence-corrected chi connectivity index (χ3v) is 3.90. The van der Waals surface area contributed by atoms with Crippen LogP contribution in [0.5, 0.6) is 11.5 Å². The molecule has 3 aromatic rings. The second-order valence-electron chi connectivity index (χ2n) is 5.63. The van der Waals surface area contributed by atoms with E-state index in [1.807, 2.05) is 43.3 Å². The Morgan fingerprint density at radius 3 is 2.76 bits per heavy atom. The average molecular weight is 340 g/mol. The fourth-order valence-corrected chi connectivity index (χ4v) is 2.56. The second kappa shape index (κ2) is 7.75. The van der Waals surface area contributed by atoms with Crippen LogP contribution in [0.15, 0.2) is 53.1 Å². The Labute approximate surface area is 146 Å². The van der Waals surface area contributed by atoms with E-state index in [-0.39, 0.29) is 19.0 Å². The van der Waals surface area contributed by atoms with Gasteiger partial charge in [-0.05, 0) is 30.7 Å². The number of hydrogen-bond acceptors (Lipinski definition) is 5. The molecule has 3 rings (SSSR count). The molecule has 5 heteroatoms. The quantitative estimate of drug-likeness (QED) is 0.482. The van der Waals surface area contributed by atoms with E-state index in [0.29, 0.717) is 17.9 Å². The zero-order chi connectivity index (χ0) is 17.6. The maximum atomic E-state index is 12.0. The van der Waals surface area contributed by atoms with Gasteiger partial charge < -0.3 is 18.6 Å².